The van der Waals surface area contributed by atoms with Crippen molar-refractivity contribution < 1.29 is 5.11 Å². The summed E-state index contributed by atoms with van der Waals surface area (Å²) in [6, 6.07) is 3.91. The van der Waals surface area contributed by atoms with Gasteiger partial charge in [0.15, 0.2) is 0 Å². The lowest BCUT2D eigenvalue weighted by Gasteiger charge is -2.26. The summed E-state index contributed by atoms with van der Waals surface area (Å²) in [7, 11) is 0. The van der Waals surface area contributed by atoms with Crippen molar-refractivity contribution >= 4 is 0 Å². The maximum atomic E-state index is 8.93. The molecule has 0 spiro atoms. The molecule has 20 heavy (non-hydrogen) atoms. The smallest absolute Gasteiger partial charge is 0.0958 e. The van der Waals surface area contributed by atoms with Gasteiger partial charge in [-0.25, -0.2) is 4.98 Å². The number of aliphatic hydroxyl groups is 1. The highest BCUT2D eigenvalue weighted by Crippen LogP contribution is 2.24. The highest BCUT2D eigenvalue weighted by molar-refractivity contribution is 5.56. The molecule has 0 saturated heterocycles. The van der Waals surface area contributed by atoms with Crippen LogP contribution in [0.1, 0.15) is 40.5 Å². The fourth-order valence-electron chi connectivity index (χ4n) is 1.96. The van der Waals surface area contributed by atoms with Crippen molar-refractivity contribution in [3.05, 3.63) is 37.1 Å². The van der Waals surface area contributed by atoms with E-state index in [1.807, 2.05) is 44.7 Å². The fraction of sp³-hybridized carbons (Fsp3) is 0.500. The molecule has 0 aromatic carbocycles. The van der Waals surface area contributed by atoms with Crippen LogP contribution in [0.25, 0.3) is 11.3 Å². The van der Waals surface area contributed by atoms with Crippen molar-refractivity contribution in [3.8, 4) is 11.3 Å². The molecule has 0 radical (unpaired) electrons. The Bertz CT molecular complexity index is 491. The van der Waals surface area contributed by atoms with Gasteiger partial charge in [-0.2, -0.15) is 0 Å². The predicted octanol–water partition coefficient (Wildman–Crippen LogP) is 3.48. The highest BCUT2D eigenvalue weighted by atomic mass is 16.2. The summed E-state index contributed by atoms with van der Waals surface area (Å²) in [5.41, 5.74) is 1.92. The molecule has 1 N–H and O–H groups in total. The number of rotatable bonds is 5. The summed E-state index contributed by atoms with van der Waals surface area (Å²) in [5.74, 6) is 0. The first kappa shape index (κ1) is 16.4. The Hall–Kier alpha value is -1.68. The predicted molar refractivity (Wildman–Crippen MR) is 82.4 cm³/mol. The van der Waals surface area contributed by atoms with Gasteiger partial charge in [0.25, 0.3) is 0 Å². The zero-order valence-electron chi connectivity index (χ0n) is 12.9. The minimum Gasteiger partial charge on any atom is -0.396 e. The number of hydrogen-bond donors (Lipinski definition) is 1. The first-order chi connectivity index (χ1) is 9.63. The molecule has 2 aromatic heterocycles. The van der Waals surface area contributed by atoms with Gasteiger partial charge in [-0.1, -0.05) is 13.8 Å². The Kier molecular flexibility index (Phi) is 6.39. The molecule has 0 aliphatic rings. The largest absolute Gasteiger partial charge is 0.396 e. The van der Waals surface area contributed by atoms with Crippen molar-refractivity contribution in [2.75, 3.05) is 6.61 Å². The van der Waals surface area contributed by atoms with Gasteiger partial charge in [-0.15, -0.1) is 0 Å². The molecule has 0 atom stereocenters. The normalized spacial score (nSPS) is 10.8. The van der Waals surface area contributed by atoms with Crippen LogP contribution >= 0.6 is 0 Å². The molecule has 0 saturated carbocycles. The van der Waals surface area contributed by atoms with Gasteiger partial charge in [0, 0.05) is 36.3 Å². The molecule has 4 nitrogen and oxygen atoms in total. The van der Waals surface area contributed by atoms with Crippen LogP contribution in [0.15, 0.2) is 37.1 Å². The summed E-state index contributed by atoms with van der Waals surface area (Å²) in [4.78, 5) is 8.52. The van der Waals surface area contributed by atoms with Gasteiger partial charge in [0.1, 0.15) is 0 Å². The summed E-state index contributed by atoms with van der Waals surface area (Å²) in [6.45, 7) is 8.53. The Balaban J connectivity index is 0.000000956. The summed E-state index contributed by atoms with van der Waals surface area (Å²) in [5, 5.41) is 8.93. The average molecular weight is 275 g/mol. The molecule has 0 aliphatic carbocycles. The van der Waals surface area contributed by atoms with Crippen molar-refractivity contribution in [2.24, 2.45) is 0 Å². The quantitative estimate of drug-likeness (QED) is 0.909. The van der Waals surface area contributed by atoms with Crippen LogP contribution in [0, 0.1) is 0 Å². The Morgan fingerprint density at radius 1 is 1.30 bits per heavy atom. The number of nitrogens with zero attached hydrogens (tertiary/aromatic N) is 3. The number of pyridine rings is 1. The Labute approximate surface area is 121 Å². The third kappa shape index (κ3) is 4.17. The van der Waals surface area contributed by atoms with E-state index in [2.05, 4.69) is 28.4 Å². The first-order valence-corrected chi connectivity index (χ1v) is 7.19. The molecule has 2 rings (SSSR count). The summed E-state index contributed by atoms with van der Waals surface area (Å²) < 4.78 is 2.10. The van der Waals surface area contributed by atoms with Crippen LogP contribution in [-0.4, -0.2) is 26.2 Å². The number of imidazole rings is 1. The van der Waals surface area contributed by atoms with E-state index in [0.717, 1.165) is 24.1 Å². The molecule has 0 fully saturated rings. The molecule has 2 heterocycles. The zero-order valence-corrected chi connectivity index (χ0v) is 12.9. The van der Waals surface area contributed by atoms with Crippen LogP contribution in [0.2, 0.25) is 0 Å². The van der Waals surface area contributed by atoms with Gasteiger partial charge >= 0.3 is 0 Å². The molecular formula is C16H25N3O. The van der Waals surface area contributed by atoms with Crippen molar-refractivity contribution in [1.29, 1.82) is 0 Å². The molecule has 110 valence electrons. The van der Waals surface area contributed by atoms with E-state index in [-0.39, 0.29) is 12.1 Å². The van der Waals surface area contributed by atoms with Crippen LogP contribution in [-0.2, 0) is 5.54 Å². The summed E-state index contributed by atoms with van der Waals surface area (Å²) >= 11 is 0. The third-order valence-corrected chi connectivity index (χ3v) is 3.19. The van der Waals surface area contributed by atoms with Crippen molar-refractivity contribution in [2.45, 2.75) is 46.1 Å². The fourth-order valence-corrected chi connectivity index (χ4v) is 1.96. The van der Waals surface area contributed by atoms with E-state index >= 15 is 0 Å². The molecule has 0 unspecified atom stereocenters. The van der Waals surface area contributed by atoms with E-state index in [1.165, 1.54) is 0 Å². The van der Waals surface area contributed by atoms with Gasteiger partial charge < -0.3 is 9.67 Å². The topological polar surface area (TPSA) is 50.9 Å². The van der Waals surface area contributed by atoms with Gasteiger partial charge in [-0.05, 0) is 38.8 Å². The zero-order chi connectivity index (χ0) is 15.0. The van der Waals surface area contributed by atoms with E-state index in [9.17, 15) is 0 Å². The minimum atomic E-state index is -0.0316. The van der Waals surface area contributed by atoms with Crippen LogP contribution < -0.4 is 0 Å². The van der Waals surface area contributed by atoms with E-state index < -0.39 is 0 Å². The Morgan fingerprint density at radius 3 is 2.65 bits per heavy atom. The lowest BCUT2D eigenvalue weighted by Crippen LogP contribution is -2.25. The minimum absolute atomic E-state index is 0.0316. The second-order valence-electron chi connectivity index (χ2n) is 5.05. The van der Waals surface area contributed by atoms with Gasteiger partial charge in [0.2, 0.25) is 0 Å². The number of aromatic nitrogens is 3. The molecule has 2 aromatic rings. The van der Waals surface area contributed by atoms with E-state index in [4.69, 9.17) is 5.11 Å². The molecule has 0 aliphatic heterocycles. The maximum Gasteiger partial charge on any atom is 0.0958 e. The third-order valence-electron chi connectivity index (χ3n) is 3.19. The number of hydrogen-bond acceptors (Lipinski definition) is 3. The van der Waals surface area contributed by atoms with E-state index in [1.54, 1.807) is 6.20 Å². The summed E-state index contributed by atoms with van der Waals surface area (Å²) in [6.07, 6.45) is 9.17. The Morgan fingerprint density at radius 2 is 2.05 bits per heavy atom. The maximum absolute atomic E-state index is 8.93. The molecule has 4 heteroatoms. The van der Waals surface area contributed by atoms with Crippen molar-refractivity contribution in [3.63, 3.8) is 0 Å². The first-order valence-electron chi connectivity index (χ1n) is 7.19. The number of aliphatic hydroxyl groups excluding tert-OH is 1. The van der Waals surface area contributed by atoms with Gasteiger partial charge in [0.05, 0.1) is 12.0 Å². The monoisotopic (exact) mass is 275 g/mol. The van der Waals surface area contributed by atoms with Crippen LogP contribution in [0.3, 0.4) is 0 Å². The lowest BCUT2D eigenvalue weighted by atomic mass is 9.98. The molecular weight excluding hydrogens is 250 g/mol. The van der Waals surface area contributed by atoms with Crippen molar-refractivity contribution in [1.82, 2.24) is 14.5 Å². The second kappa shape index (κ2) is 7.80. The average Bonchev–Trinajstić information content (AvgIpc) is 2.99. The standard InChI is InChI=1S/C14H19N3O.C2H6/c1-14(2,6-4-8-18)17-10-13(16-11-17)12-5-3-7-15-9-12;1-2/h3,5,7,9-11,18H,4,6,8H2,1-2H3;1-2H3. The second-order valence-corrected chi connectivity index (χ2v) is 5.05. The van der Waals surface area contributed by atoms with Crippen LogP contribution in [0.5, 0.6) is 0 Å². The lowest BCUT2D eigenvalue weighted by molar-refractivity contribution is 0.241. The molecule has 0 bridgehead atoms. The highest BCUT2D eigenvalue weighted by Gasteiger charge is 2.19. The molecule has 0 amide bonds. The van der Waals surface area contributed by atoms with E-state index in [0.29, 0.717) is 0 Å². The SMILES string of the molecule is CC.CC(C)(CCCO)n1cnc(-c2cccnc2)c1. The van der Waals surface area contributed by atoms with Crippen LogP contribution in [0.4, 0.5) is 0 Å². The van der Waals surface area contributed by atoms with Gasteiger partial charge in [-0.3, -0.25) is 4.98 Å².